The fourth-order valence-electron chi connectivity index (χ4n) is 1.33. The van der Waals surface area contributed by atoms with Crippen molar-refractivity contribution >= 4 is 23.9 Å². The first-order chi connectivity index (χ1) is 5.12. The van der Waals surface area contributed by atoms with Crippen LogP contribution in [0.4, 0.5) is 0 Å². The van der Waals surface area contributed by atoms with E-state index < -0.39 is 0 Å². The predicted octanol–water partition coefficient (Wildman–Crippen LogP) is 3.29. The molecule has 0 nitrogen and oxygen atoms in total. The van der Waals surface area contributed by atoms with Gasteiger partial charge in [0.2, 0.25) is 0 Å². The Morgan fingerprint density at radius 1 is 1.00 bits per heavy atom. The molecule has 0 aliphatic rings. The van der Waals surface area contributed by atoms with Gasteiger partial charge in [-0.3, -0.25) is 0 Å². The summed E-state index contributed by atoms with van der Waals surface area (Å²) in [6, 6.07) is 0. The molecule has 0 spiro atoms. The van der Waals surface area contributed by atoms with E-state index in [4.69, 9.17) is 0 Å². The van der Waals surface area contributed by atoms with Gasteiger partial charge in [-0.25, -0.2) is 0 Å². The van der Waals surface area contributed by atoms with E-state index in [1.807, 2.05) is 0 Å². The Morgan fingerprint density at radius 2 is 1.33 bits per heavy atom. The Kier molecular flexibility index (Phi) is 10.7. The van der Waals surface area contributed by atoms with Gasteiger partial charge < -0.3 is 0 Å². The SMILES string of the molecule is [CH2]C(C)(CCCC)CCCC.[SnH2]. The van der Waals surface area contributed by atoms with Gasteiger partial charge in [-0.15, -0.1) is 0 Å². The zero-order valence-corrected chi connectivity index (χ0v) is 13.2. The molecular weight excluding hydrogens is 251 g/mol. The van der Waals surface area contributed by atoms with Crippen molar-refractivity contribution in [3.8, 4) is 0 Å². The quantitative estimate of drug-likeness (QED) is 0.653. The van der Waals surface area contributed by atoms with E-state index in [0.717, 1.165) is 0 Å². The number of hydrogen-bond donors (Lipinski definition) is 0. The Hall–Kier alpha value is 0.799. The molecule has 73 valence electrons. The molecule has 0 atom stereocenters. The normalized spacial score (nSPS) is 11.0. The second kappa shape index (κ2) is 8.40. The van der Waals surface area contributed by atoms with Crippen molar-refractivity contribution in [3.05, 3.63) is 6.92 Å². The van der Waals surface area contributed by atoms with Crippen LogP contribution in [0.3, 0.4) is 0 Å². The van der Waals surface area contributed by atoms with Gasteiger partial charge in [0.1, 0.15) is 0 Å². The molecule has 0 unspecified atom stereocenters. The van der Waals surface area contributed by atoms with Gasteiger partial charge in [0.15, 0.2) is 0 Å². The van der Waals surface area contributed by atoms with E-state index in [2.05, 4.69) is 27.7 Å². The zero-order chi connectivity index (χ0) is 8.74. The van der Waals surface area contributed by atoms with Crippen LogP contribution in [0.25, 0.3) is 0 Å². The van der Waals surface area contributed by atoms with Crippen LogP contribution in [0, 0.1) is 12.3 Å². The molecule has 0 fully saturated rings. The Labute approximate surface area is 95.5 Å². The van der Waals surface area contributed by atoms with E-state index >= 15 is 0 Å². The summed E-state index contributed by atoms with van der Waals surface area (Å²) < 4.78 is 0. The van der Waals surface area contributed by atoms with Gasteiger partial charge in [-0.1, -0.05) is 46.5 Å². The molecule has 0 aromatic heterocycles. The molecule has 0 aromatic carbocycles. The van der Waals surface area contributed by atoms with Crippen molar-refractivity contribution in [3.63, 3.8) is 0 Å². The molecule has 0 rings (SSSR count). The van der Waals surface area contributed by atoms with Crippen LogP contribution in [-0.2, 0) is 0 Å². The molecule has 0 N–H and O–H groups in total. The average molecular weight is 276 g/mol. The van der Waals surface area contributed by atoms with Crippen LogP contribution in [0.5, 0.6) is 0 Å². The second-order valence-corrected chi connectivity index (χ2v) is 4.02. The van der Waals surface area contributed by atoms with Crippen molar-refractivity contribution in [1.29, 1.82) is 0 Å². The molecule has 0 aliphatic heterocycles. The summed E-state index contributed by atoms with van der Waals surface area (Å²) in [6.07, 6.45) is 7.87. The first kappa shape index (κ1) is 15.3. The third kappa shape index (κ3) is 8.89. The molecule has 0 heterocycles. The second-order valence-electron chi connectivity index (χ2n) is 4.02. The van der Waals surface area contributed by atoms with Crippen molar-refractivity contribution in [1.82, 2.24) is 0 Å². The van der Waals surface area contributed by atoms with Gasteiger partial charge in [0.25, 0.3) is 0 Å². The van der Waals surface area contributed by atoms with Crippen LogP contribution in [0.15, 0.2) is 0 Å². The van der Waals surface area contributed by atoms with Crippen LogP contribution in [0.2, 0.25) is 0 Å². The molecule has 1 heteroatoms. The van der Waals surface area contributed by atoms with Crippen LogP contribution in [-0.4, -0.2) is 23.9 Å². The van der Waals surface area contributed by atoms with E-state index in [0.29, 0.717) is 5.41 Å². The average Bonchev–Trinajstić information content (AvgIpc) is 1.97. The third-order valence-corrected chi connectivity index (χ3v) is 2.27. The van der Waals surface area contributed by atoms with Crippen molar-refractivity contribution in [2.24, 2.45) is 5.41 Å². The summed E-state index contributed by atoms with van der Waals surface area (Å²) in [5.74, 6) is 0. The predicted molar refractivity (Wildman–Crippen MR) is 61.1 cm³/mol. The monoisotopic (exact) mass is 277 g/mol. The van der Waals surface area contributed by atoms with Gasteiger partial charge in [-0.2, -0.15) is 0 Å². The van der Waals surface area contributed by atoms with E-state index in [9.17, 15) is 0 Å². The van der Waals surface area contributed by atoms with Crippen molar-refractivity contribution < 1.29 is 0 Å². The van der Waals surface area contributed by atoms with Crippen molar-refractivity contribution in [2.45, 2.75) is 59.3 Å². The van der Waals surface area contributed by atoms with Crippen LogP contribution < -0.4 is 0 Å². The zero-order valence-electron chi connectivity index (χ0n) is 9.16. The first-order valence-electron chi connectivity index (χ1n) is 4.97. The summed E-state index contributed by atoms with van der Waals surface area (Å²) in [5.41, 5.74) is 0.353. The fourth-order valence-corrected chi connectivity index (χ4v) is 1.33. The Morgan fingerprint density at radius 3 is 1.58 bits per heavy atom. The summed E-state index contributed by atoms with van der Waals surface area (Å²) in [6.45, 7) is 11.0. The minimum absolute atomic E-state index is 0. The van der Waals surface area contributed by atoms with Crippen LogP contribution >= 0.6 is 0 Å². The Bertz CT molecular complexity index is 77.0. The summed E-state index contributed by atoms with van der Waals surface area (Å²) in [7, 11) is 0. The summed E-state index contributed by atoms with van der Waals surface area (Å²) in [5, 5.41) is 0. The molecule has 0 saturated heterocycles. The third-order valence-electron chi connectivity index (χ3n) is 2.27. The first-order valence-corrected chi connectivity index (χ1v) is 4.97. The molecule has 0 amide bonds. The fraction of sp³-hybridized carbons (Fsp3) is 0.909. The van der Waals surface area contributed by atoms with E-state index in [1.165, 1.54) is 38.5 Å². The number of rotatable bonds is 6. The summed E-state index contributed by atoms with van der Waals surface area (Å²) in [4.78, 5) is 0. The maximum atomic E-state index is 4.24. The van der Waals surface area contributed by atoms with Gasteiger partial charge in [-0.05, 0) is 25.2 Å². The number of unbranched alkanes of at least 4 members (excludes halogenated alkanes) is 2. The van der Waals surface area contributed by atoms with Crippen LogP contribution in [0.1, 0.15) is 59.3 Å². The van der Waals surface area contributed by atoms with Gasteiger partial charge >= 0.3 is 23.9 Å². The molecular formula is C11H25Sn. The molecule has 3 radical (unpaired) electrons. The number of hydrogen-bond acceptors (Lipinski definition) is 0. The standard InChI is InChI=1S/C11H23.Sn.2H/c1-5-7-9-11(3,4)10-8-6-2;;;/h3,5-10H2,1-2,4H3;;;. The maximum absolute atomic E-state index is 4.24. The molecule has 0 saturated carbocycles. The van der Waals surface area contributed by atoms with Crippen molar-refractivity contribution in [2.75, 3.05) is 0 Å². The minimum atomic E-state index is 0. The van der Waals surface area contributed by atoms with E-state index in [-0.39, 0.29) is 23.9 Å². The molecule has 0 bridgehead atoms. The summed E-state index contributed by atoms with van der Waals surface area (Å²) >= 11 is 0. The topological polar surface area (TPSA) is 0 Å². The van der Waals surface area contributed by atoms with Gasteiger partial charge in [0, 0.05) is 0 Å². The molecule has 0 aromatic rings. The molecule has 0 aliphatic carbocycles. The van der Waals surface area contributed by atoms with Gasteiger partial charge in [0.05, 0.1) is 0 Å². The Balaban J connectivity index is 0. The van der Waals surface area contributed by atoms with E-state index in [1.54, 1.807) is 0 Å². The molecule has 12 heavy (non-hydrogen) atoms.